The summed E-state index contributed by atoms with van der Waals surface area (Å²) in [6, 6.07) is 5.51. The minimum absolute atomic E-state index is 0.315. The van der Waals surface area contributed by atoms with E-state index in [-0.39, 0.29) is 0 Å². The molecule has 0 saturated carbocycles. The molecule has 1 aromatic heterocycles. The number of rotatable bonds is 2. The van der Waals surface area contributed by atoms with E-state index in [1.807, 2.05) is 45.9 Å². The largest absolute Gasteiger partial charge is 0.494 e. The van der Waals surface area contributed by atoms with Crippen molar-refractivity contribution < 1.29 is 23.4 Å². The van der Waals surface area contributed by atoms with E-state index in [0.29, 0.717) is 16.8 Å². The molecule has 0 atom stereocenters. The van der Waals surface area contributed by atoms with Crippen LogP contribution in [0.3, 0.4) is 0 Å². The number of fused-ring (bicyclic) bond motifs is 1. The van der Waals surface area contributed by atoms with Gasteiger partial charge in [0.15, 0.2) is 11.4 Å². The molecule has 7 nitrogen and oxygen atoms in total. The number of carbonyl (C=O) groups is 1. The lowest BCUT2D eigenvalue weighted by Gasteiger charge is -2.32. The molecule has 1 N–H and O–H groups in total. The van der Waals surface area contributed by atoms with E-state index in [9.17, 15) is 4.79 Å². The average Bonchev–Trinajstić information content (AvgIpc) is 2.95. The fraction of sp³-hybridized carbons (Fsp3) is 0.556. The molecule has 3 rings (SSSR count). The van der Waals surface area contributed by atoms with Crippen LogP contribution in [0.15, 0.2) is 22.7 Å². The van der Waals surface area contributed by atoms with E-state index in [0.717, 1.165) is 5.46 Å². The molecule has 0 spiro atoms. The van der Waals surface area contributed by atoms with Gasteiger partial charge in [-0.25, -0.2) is 4.79 Å². The monoisotopic (exact) mass is 360 g/mol. The Bertz CT molecular complexity index is 822. The Hall–Kier alpha value is -2.06. The fourth-order valence-electron chi connectivity index (χ4n) is 2.57. The molecule has 0 bridgehead atoms. The summed E-state index contributed by atoms with van der Waals surface area (Å²) in [6.07, 6.45) is -0.581. The molecule has 1 saturated heterocycles. The molecule has 26 heavy (non-hydrogen) atoms. The lowest BCUT2D eigenvalue weighted by atomic mass is 9.79. The smallest absolute Gasteiger partial charge is 0.444 e. The van der Waals surface area contributed by atoms with Gasteiger partial charge in [-0.15, -0.1) is 0 Å². The maximum Gasteiger partial charge on any atom is 0.494 e. The molecular formula is C18H25BN2O5. The number of nitrogens with one attached hydrogen (secondary N) is 1. The number of carbonyl (C=O) groups excluding carboxylic acids is 1. The summed E-state index contributed by atoms with van der Waals surface area (Å²) in [5, 5.41) is 7.21. The maximum absolute atomic E-state index is 11.9. The van der Waals surface area contributed by atoms with E-state index in [1.54, 1.807) is 20.8 Å². The Kier molecular flexibility index (Phi) is 4.32. The zero-order chi connectivity index (χ0) is 19.3. The van der Waals surface area contributed by atoms with Crippen molar-refractivity contribution in [3.63, 3.8) is 0 Å². The SMILES string of the molecule is CC(C)(C)OC(=O)Nc1noc2cc(B3OC(C)(C)C(C)(C)O3)ccc12. The zero-order valence-electron chi connectivity index (χ0n) is 16.3. The second-order valence-corrected chi connectivity index (χ2v) is 8.50. The van der Waals surface area contributed by atoms with E-state index >= 15 is 0 Å². The highest BCUT2D eigenvalue weighted by Gasteiger charge is 2.51. The lowest BCUT2D eigenvalue weighted by molar-refractivity contribution is 0.00578. The molecule has 1 aliphatic heterocycles. The molecular weight excluding hydrogens is 335 g/mol. The Labute approximate surface area is 153 Å². The molecule has 0 unspecified atom stereocenters. The molecule has 8 heteroatoms. The van der Waals surface area contributed by atoms with Crippen LogP contribution >= 0.6 is 0 Å². The van der Waals surface area contributed by atoms with Crippen LogP contribution in [-0.2, 0) is 14.0 Å². The molecule has 1 amide bonds. The third-order valence-electron chi connectivity index (χ3n) is 4.64. The topological polar surface area (TPSA) is 82.8 Å². The minimum atomic E-state index is -0.590. The van der Waals surface area contributed by atoms with Crippen LogP contribution in [0.4, 0.5) is 10.6 Å². The van der Waals surface area contributed by atoms with E-state index in [4.69, 9.17) is 18.6 Å². The van der Waals surface area contributed by atoms with Crippen molar-refractivity contribution in [2.75, 3.05) is 5.32 Å². The van der Waals surface area contributed by atoms with Crippen LogP contribution in [-0.4, -0.2) is 35.2 Å². The first-order chi connectivity index (χ1) is 11.9. The van der Waals surface area contributed by atoms with E-state index in [2.05, 4.69) is 10.5 Å². The molecule has 2 aromatic rings. The molecule has 1 aliphatic rings. The second-order valence-electron chi connectivity index (χ2n) is 8.50. The van der Waals surface area contributed by atoms with Gasteiger partial charge >= 0.3 is 13.2 Å². The van der Waals surface area contributed by atoms with Crippen LogP contribution in [0.1, 0.15) is 48.5 Å². The van der Waals surface area contributed by atoms with Gasteiger partial charge in [-0.1, -0.05) is 11.2 Å². The number of anilines is 1. The third-order valence-corrected chi connectivity index (χ3v) is 4.64. The van der Waals surface area contributed by atoms with Gasteiger partial charge in [0.2, 0.25) is 0 Å². The summed E-state index contributed by atoms with van der Waals surface area (Å²) >= 11 is 0. The van der Waals surface area contributed by atoms with Gasteiger partial charge in [-0.2, -0.15) is 0 Å². The highest BCUT2D eigenvalue weighted by atomic mass is 16.7. The van der Waals surface area contributed by atoms with Crippen molar-refractivity contribution in [3.05, 3.63) is 18.2 Å². The third kappa shape index (κ3) is 3.57. The number of nitrogens with zero attached hydrogens (tertiary/aromatic N) is 1. The highest BCUT2D eigenvalue weighted by Crippen LogP contribution is 2.36. The van der Waals surface area contributed by atoms with Crippen LogP contribution in [0.2, 0.25) is 0 Å². The summed E-state index contributed by atoms with van der Waals surface area (Å²) in [5.41, 5.74) is -0.0675. The molecule has 2 heterocycles. The molecule has 0 radical (unpaired) electrons. The van der Waals surface area contributed by atoms with Gasteiger partial charge in [0, 0.05) is 0 Å². The second kappa shape index (κ2) is 5.99. The van der Waals surface area contributed by atoms with Gasteiger partial charge in [-0.05, 0) is 66.1 Å². The zero-order valence-corrected chi connectivity index (χ0v) is 16.3. The number of amides is 1. The molecule has 140 valence electrons. The summed E-state index contributed by atoms with van der Waals surface area (Å²) in [7, 11) is -0.489. The summed E-state index contributed by atoms with van der Waals surface area (Å²) in [5.74, 6) is 0.315. The predicted octanol–water partition coefficient (Wildman–Crippen LogP) is 3.47. The van der Waals surface area contributed by atoms with Gasteiger partial charge < -0.3 is 18.6 Å². The first-order valence-electron chi connectivity index (χ1n) is 8.63. The lowest BCUT2D eigenvalue weighted by Crippen LogP contribution is -2.41. The van der Waals surface area contributed by atoms with Crippen molar-refractivity contribution >= 4 is 35.5 Å². The van der Waals surface area contributed by atoms with Crippen LogP contribution in [0.25, 0.3) is 11.0 Å². The Morgan fingerprint density at radius 1 is 1.15 bits per heavy atom. The Balaban J connectivity index is 1.81. The summed E-state index contributed by atoms with van der Waals surface area (Å²) < 4.78 is 22.7. The first-order valence-corrected chi connectivity index (χ1v) is 8.63. The summed E-state index contributed by atoms with van der Waals surface area (Å²) in [4.78, 5) is 11.9. The summed E-state index contributed by atoms with van der Waals surface area (Å²) in [6.45, 7) is 13.4. The molecule has 1 fully saturated rings. The van der Waals surface area contributed by atoms with E-state index in [1.165, 1.54) is 0 Å². The van der Waals surface area contributed by atoms with Gasteiger partial charge in [0.25, 0.3) is 0 Å². The number of ether oxygens (including phenoxy) is 1. The highest BCUT2D eigenvalue weighted by molar-refractivity contribution is 6.62. The Morgan fingerprint density at radius 3 is 2.35 bits per heavy atom. The predicted molar refractivity (Wildman–Crippen MR) is 99.6 cm³/mol. The van der Waals surface area contributed by atoms with Crippen LogP contribution in [0, 0.1) is 0 Å². The maximum atomic E-state index is 11.9. The van der Waals surface area contributed by atoms with Gasteiger partial charge in [-0.3, -0.25) is 5.32 Å². The van der Waals surface area contributed by atoms with Crippen molar-refractivity contribution in [3.8, 4) is 0 Å². The van der Waals surface area contributed by atoms with Crippen molar-refractivity contribution in [2.45, 2.75) is 65.3 Å². The van der Waals surface area contributed by atoms with Crippen molar-refractivity contribution in [1.29, 1.82) is 0 Å². The number of aromatic nitrogens is 1. The quantitative estimate of drug-likeness (QED) is 0.826. The van der Waals surface area contributed by atoms with E-state index < -0.39 is 30.0 Å². The fourth-order valence-corrected chi connectivity index (χ4v) is 2.57. The number of benzene rings is 1. The number of hydrogen-bond donors (Lipinski definition) is 1. The van der Waals surface area contributed by atoms with Crippen LogP contribution in [0.5, 0.6) is 0 Å². The Morgan fingerprint density at radius 2 is 1.77 bits per heavy atom. The molecule has 1 aromatic carbocycles. The number of hydrogen-bond acceptors (Lipinski definition) is 6. The van der Waals surface area contributed by atoms with Crippen LogP contribution < -0.4 is 10.8 Å². The van der Waals surface area contributed by atoms with Gasteiger partial charge in [0.05, 0.1) is 16.6 Å². The minimum Gasteiger partial charge on any atom is -0.444 e. The standard InChI is InChI=1S/C18H25BN2O5/c1-16(2,3)23-15(22)20-14-12-9-8-11(10-13(12)24-21-14)19-25-17(4,5)18(6,7)26-19/h8-10H,1-7H3,(H,20,21,22). The first kappa shape index (κ1) is 18.7. The molecule has 0 aliphatic carbocycles. The van der Waals surface area contributed by atoms with Crippen molar-refractivity contribution in [2.24, 2.45) is 0 Å². The normalized spacial score (nSPS) is 19.0. The average molecular weight is 360 g/mol. The van der Waals surface area contributed by atoms with Gasteiger partial charge in [0.1, 0.15) is 5.60 Å². The van der Waals surface area contributed by atoms with Crippen molar-refractivity contribution in [1.82, 2.24) is 5.16 Å².